The summed E-state index contributed by atoms with van der Waals surface area (Å²) in [4.78, 5) is 26.8. The van der Waals surface area contributed by atoms with Crippen LogP contribution in [0.4, 0.5) is 0 Å². The number of hydrogen-bond acceptors (Lipinski definition) is 4. The molecule has 6 heteroatoms. The molecule has 2 N–H and O–H groups in total. The van der Waals surface area contributed by atoms with E-state index in [0.717, 1.165) is 44.8 Å². The van der Waals surface area contributed by atoms with Crippen LogP contribution in [-0.4, -0.2) is 56.0 Å². The average Bonchev–Trinajstić information content (AvgIpc) is 2.73. The van der Waals surface area contributed by atoms with E-state index in [2.05, 4.69) is 10.6 Å². The van der Waals surface area contributed by atoms with Gasteiger partial charge in [0, 0.05) is 19.6 Å². The largest absolute Gasteiger partial charge is 0.493 e. The zero-order chi connectivity index (χ0) is 18.9. The standard InChI is InChI=1S/C21H31N3O3/c25-20(10-13-27-19-8-2-1-3-9-19)24-12-5-7-18(16-24)21(26)23-15-17-6-4-11-22-14-17/h1-3,8-9,17-18,22H,4-7,10-16H2,(H,23,26). The van der Waals surface area contributed by atoms with Gasteiger partial charge in [0.15, 0.2) is 0 Å². The molecule has 3 rings (SSSR count). The first kappa shape index (κ1) is 19.7. The molecule has 2 saturated heterocycles. The molecule has 2 heterocycles. The lowest BCUT2D eigenvalue weighted by Crippen LogP contribution is -2.47. The fourth-order valence-electron chi connectivity index (χ4n) is 3.84. The number of nitrogens with one attached hydrogen (secondary N) is 2. The summed E-state index contributed by atoms with van der Waals surface area (Å²) in [6.45, 7) is 4.43. The Kier molecular flexibility index (Phi) is 7.51. The second kappa shape index (κ2) is 10.3. The van der Waals surface area contributed by atoms with Gasteiger partial charge in [0.2, 0.25) is 11.8 Å². The highest BCUT2D eigenvalue weighted by molar-refractivity contribution is 5.81. The van der Waals surface area contributed by atoms with Gasteiger partial charge in [0.1, 0.15) is 5.75 Å². The molecule has 0 bridgehead atoms. The molecule has 0 radical (unpaired) electrons. The van der Waals surface area contributed by atoms with Gasteiger partial charge in [0.05, 0.1) is 18.9 Å². The van der Waals surface area contributed by atoms with Crippen molar-refractivity contribution >= 4 is 11.8 Å². The number of carbonyl (C=O) groups excluding carboxylic acids is 2. The van der Waals surface area contributed by atoms with Crippen molar-refractivity contribution in [3.63, 3.8) is 0 Å². The van der Waals surface area contributed by atoms with Crippen molar-refractivity contribution in [3.05, 3.63) is 30.3 Å². The number of nitrogens with zero attached hydrogens (tertiary/aromatic N) is 1. The second-order valence-corrected chi connectivity index (χ2v) is 7.55. The van der Waals surface area contributed by atoms with Gasteiger partial charge in [-0.1, -0.05) is 18.2 Å². The summed E-state index contributed by atoms with van der Waals surface area (Å²) < 4.78 is 5.61. The number of carbonyl (C=O) groups is 2. The maximum Gasteiger partial charge on any atom is 0.226 e. The second-order valence-electron chi connectivity index (χ2n) is 7.55. The molecular weight excluding hydrogens is 342 g/mol. The summed E-state index contributed by atoms with van der Waals surface area (Å²) >= 11 is 0. The lowest BCUT2D eigenvalue weighted by Gasteiger charge is -2.32. The zero-order valence-corrected chi connectivity index (χ0v) is 16.0. The summed E-state index contributed by atoms with van der Waals surface area (Å²) in [5, 5.41) is 6.48. The van der Waals surface area contributed by atoms with Gasteiger partial charge in [-0.25, -0.2) is 0 Å². The first-order chi connectivity index (χ1) is 13.2. The van der Waals surface area contributed by atoms with E-state index in [1.165, 1.54) is 12.8 Å². The third-order valence-electron chi connectivity index (χ3n) is 5.44. The van der Waals surface area contributed by atoms with Crippen LogP contribution >= 0.6 is 0 Å². The molecule has 2 amide bonds. The lowest BCUT2D eigenvalue weighted by molar-refractivity contribution is -0.136. The Morgan fingerprint density at radius 2 is 2.04 bits per heavy atom. The Balaban J connectivity index is 1.38. The number of para-hydroxylation sites is 1. The molecule has 2 aliphatic heterocycles. The Bertz CT molecular complexity index is 602. The van der Waals surface area contributed by atoms with Gasteiger partial charge in [0.25, 0.3) is 0 Å². The Labute approximate surface area is 161 Å². The fraction of sp³-hybridized carbons (Fsp3) is 0.619. The third kappa shape index (κ3) is 6.24. The third-order valence-corrected chi connectivity index (χ3v) is 5.44. The first-order valence-corrected chi connectivity index (χ1v) is 10.2. The monoisotopic (exact) mass is 373 g/mol. The molecule has 0 saturated carbocycles. The van der Waals surface area contributed by atoms with E-state index in [9.17, 15) is 9.59 Å². The molecule has 1 aromatic carbocycles. The van der Waals surface area contributed by atoms with Crippen LogP contribution in [-0.2, 0) is 9.59 Å². The predicted octanol–water partition coefficient (Wildman–Crippen LogP) is 1.81. The summed E-state index contributed by atoms with van der Waals surface area (Å²) in [5.74, 6) is 1.38. The number of amides is 2. The van der Waals surface area contributed by atoms with Crippen LogP contribution in [0.15, 0.2) is 30.3 Å². The quantitative estimate of drug-likeness (QED) is 0.765. The number of likely N-dealkylation sites (tertiary alicyclic amines) is 1. The van der Waals surface area contributed by atoms with Crippen LogP contribution in [0.2, 0.25) is 0 Å². The van der Waals surface area contributed by atoms with Gasteiger partial charge in [-0.15, -0.1) is 0 Å². The van der Waals surface area contributed by atoms with Gasteiger partial charge in [-0.05, 0) is 56.8 Å². The topological polar surface area (TPSA) is 70.7 Å². The van der Waals surface area contributed by atoms with Crippen molar-refractivity contribution in [2.45, 2.75) is 32.1 Å². The molecule has 1 aromatic rings. The van der Waals surface area contributed by atoms with Crippen LogP contribution < -0.4 is 15.4 Å². The van der Waals surface area contributed by atoms with E-state index in [-0.39, 0.29) is 17.7 Å². The maximum atomic E-state index is 12.5. The van der Waals surface area contributed by atoms with Crippen LogP contribution in [0.5, 0.6) is 5.75 Å². The van der Waals surface area contributed by atoms with Crippen molar-refractivity contribution in [2.24, 2.45) is 11.8 Å². The molecule has 2 aliphatic rings. The van der Waals surface area contributed by atoms with Gasteiger partial charge >= 0.3 is 0 Å². The minimum atomic E-state index is -0.0886. The van der Waals surface area contributed by atoms with Crippen molar-refractivity contribution in [3.8, 4) is 5.75 Å². The van der Waals surface area contributed by atoms with Crippen LogP contribution in [0.1, 0.15) is 32.1 Å². The van der Waals surface area contributed by atoms with Crippen LogP contribution in [0.3, 0.4) is 0 Å². The van der Waals surface area contributed by atoms with E-state index < -0.39 is 0 Å². The number of rotatable bonds is 7. The highest BCUT2D eigenvalue weighted by Gasteiger charge is 2.28. The van der Waals surface area contributed by atoms with E-state index in [1.807, 2.05) is 35.2 Å². The van der Waals surface area contributed by atoms with Crippen LogP contribution in [0, 0.1) is 11.8 Å². The van der Waals surface area contributed by atoms with E-state index in [1.54, 1.807) is 0 Å². The molecular formula is C21H31N3O3. The number of ether oxygens (including phenoxy) is 1. The van der Waals surface area contributed by atoms with Crippen molar-refractivity contribution in [1.29, 1.82) is 0 Å². The Morgan fingerprint density at radius 3 is 2.81 bits per heavy atom. The molecule has 2 unspecified atom stereocenters. The molecule has 6 nitrogen and oxygen atoms in total. The Hall–Kier alpha value is -2.08. The average molecular weight is 373 g/mol. The summed E-state index contributed by atoms with van der Waals surface area (Å²) in [6.07, 6.45) is 4.44. The van der Waals surface area contributed by atoms with E-state index >= 15 is 0 Å². The number of piperidine rings is 2. The van der Waals surface area contributed by atoms with Gasteiger partial charge in [-0.2, -0.15) is 0 Å². The number of hydrogen-bond donors (Lipinski definition) is 2. The minimum Gasteiger partial charge on any atom is -0.493 e. The van der Waals surface area contributed by atoms with Crippen molar-refractivity contribution in [1.82, 2.24) is 15.5 Å². The number of benzene rings is 1. The molecule has 0 aliphatic carbocycles. The molecule has 2 atom stereocenters. The van der Waals surface area contributed by atoms with Crippen molar-refractivity contribution in [2.75, 3.05) is 39.3 Å². The minimum absolute atomic E-state index is 0.0694. The first-order valence-electron chi connectivity index (χ1n) is 10.2. The fourth-order valence-corrected chi connectivity index (χ4v) is 3.84. The molecule has 2 fully saturated rings. The van der Waals surface area contributed by atoms with Crippen LogP contribution in [0.25, 0.3) is 0 Å². The molecule has 0 aromatic heterocycles. The van der Waals surface area contributed by atoms with Crippen molar-refractivity contribution < 1.29 is 14.3 Å². The summed E-state index contributed by atoms with van der Waals surface area (Å²) in [7, 11) is 0. The van der Waals surface area contributed by atoms with E-state index in [0.29, 0.717) is 25.5 Å². The predicted molar refractivity (Wildman–Crippen MR) is 104 cm³/mol. The Morgan fingerprint density at radius 1 is 1.19 bits per heavy atom. The molecule has 0 spiro atoms. The summed E-state index contributed by atoms with van der Waals surface area (Å²) in [5.41, 5.74) is 0. The summed E-state index contributed by atoms with van der Waals surface area (Å²) in [6, 6.07) is 9.52. The molecule has 27 heavy (non-hydrogen) atoms. The SMILES string of the molecule is O=C(NCC1CCCNC1)C1CCCN(C(=O)CCOc2ccccc2)C1. The highest BCUT2D eigenvalue weighted by Crippen LogP contribution is 2.18. The smallest absolute Gasteiger partial charge is 0.226 e. The van der Waals surface area contributed by atoms with Gasteiger partial charge in [-0.3, -0.25) is 9.59 Å². The highest BCUT2D eigenvalue weighted by atomic mass is 16.5. The zero-order valence-electron chi connectivity index (χ0n) is 16.0. The normalized spacial score (nSPS) is 22.9. The van der Waals surface area contributed by atoms with Gasteiger partial charge < -0.3 is 20.3 Å². The molecule has 148 valence electrons. The lowest BCUT2D eigenvalue weighted by atomic mass is 9.95. The maximum absolute atomic E-state index is 12.5. The van der Waals surface area contributed by atoms with E-state index in [4.69, 9.17) is 4.74 Å².